The number of nitriles is 1. The monoisotopic (exact) mass is 529 g/mol. The zero-order valence-electron chi connectivity index (χ0n) is 22.2. The molecule has 2 fully saturated rings. The van der Waals surface area contributed by atoms with Crippen molar-refractivity contribution in [1.82, 2.24) is 20.2 Å². The molecule has 3 aliphatic heterocycles. The van der Waals surface area contributed by atoms with Gasteiger partial charge in [-0.25, -0.2) is 9.97 Å². The maximum atomic E-state index is 9.29. The van der Waals surface area contributed by atoms with Gasteiger partial charge in [-0.1, -0.05) is 35.9 Å². The van der Waals surface area contributed by atoms with E-state index in [1.165, 1.54) is 30.6 Å². The zero-order valence-corrected chi connectivity index (χ0v) is 22.9. The molecule has 4 heterocycles. The highest BCUT2D eigenvalue weighted by Crippen LogP contribution is 2.36. The molecule has 0 aliphatic carbocycles. The lowest BCUT2D eigenvalue weighted by Crippen LogP contribution is -2.51. The van der Waals surface area contributed by atoms with Crippen molar-refractivity contribution in [3.63, 3.8) is 0 Å². The number of nitrogens with one attached hydrogen (secondary N) is 1. The van der Waals surface area contributed by atoms with Crippen molar-refractivity contribution in [2.45, 2.75) is 57.2 Å². The Morgan fingerprint density at radius 3 is 2.79 bits per heavy atom. The lowest BCUT2D eigenvalue weighted by molar-refractivity contribution is 0.295. The van der Waals surface area contributed by atoms with Crippen LogP contribution in [0, 0.1) is 11.3 Å². The van der Waals surface area contributed by atoms with E-state index in [0.717, 1.165) is 85.1 Å². The van der Waals surface area contributed by atoms with Gasteiger partial charge in [-0.3, -0.25) is 0 Å². The molecule has 0 saturated carbocycles. The molecular weight excluding hydrogens is 494 g/mol. The first kappa shape index (κ1) is 25.4. The summed E-state index contributed by atoms with van der Waals surface area (Å²) < 4.78 is 0. The van der Waals surface area contributed by atoms with E-state index in [4.69, 9.17) is 21.6 Å². The fourth-order valence-corrected chi connectivity index (χ4v) is 6.76. The van der Waals surface area contributed by atoms with Gasteiger partial charge in [-0.2, -0.15) is 5.26 Å². The Hall–Kier alpha value is -2.92. The number of nitrogens with zero attached hydrogens (tertiary/aromatic N) is 6. The summed E-state index contributed by atoms with van der Waals surface area (Å²) in [6.07, 6.45) is 5.93. The number of benzene rings is 2. The van der Waals surface area contributed by atoms with Crippen LogP contribution in [0.3, 0.4) is 0 Å². The van der Waals surface area contributed by atoms with Crippen molar-refractivity contribution in [3.8, 4) is 6.07 Å². The number of piperazine rings is 1. The number of halogens is 1. The van der Waals surface area contributed by atoms with Crippen molar-refractivity contribution in [2.24, 2.45) is 0 Å². The summed E-state index contributed by atoms with van der Waals surface area (Å²) in [6.45, 7) is 5.41. The molecule has 1 N–H and O–H groups in total. The van der Waals surface area contributed by atoms with Crippen molar-refractivity contribution in [2.75, 3.05) is 49.6 Å². The highest BCUT2D eigenvalue weighted by molar-refractivity contribution is 6.36. The number of rotatable bonds is 6. The number of aryl methyl sites for hydroxylation is 1. The van der Waals surface area contributed by atoms with Crippen molar-refractivity contribution in [3.05, 3.63) is 58.5 Å². The molecule has 0 bridgehead atoms. The first-order valence-electron chi connectivity index (χ1n) is 14.0. The Bertz CT molecular complexity index is 1350. The smallest absolute Gasteiger partial charge is 0.136 e. The molecule has 6 rings (SSSR count). The quantitative estimate of drug-likeness (QED) is 0.501. The van der Waals surface area contributed by atoms with E-state index in [1.54, 1.807) is 0 Å². The van der Waals surface area contributed by atoms with Crippen LogP contribution >= 0.6 is 11.6 Å². The van der Waals surface area contributed by atoms with E-state index < -0.39 is 0 Å². The van der Waals surface area contributed by atoms with Gasteiger partial charge in [-0.05, 0) is 56.8 Å². The molecular formula is C30H36ClN7. The van der Waals surface area contributed by atoms with Crippen LogP contribution in [0.1, 0.15) is 42.8 Å². The SMILES string of the molecule is CN1CCC[C@H]1CCc1nc2c(c(N3CCN[C@@H](CC#N)C3)n1)CCN(c1cccc3cccc(Cl)c13)C2. The summed E-state index contributed by atoms with van der Waals surface area (Å²) in [5.41, 5.74) is 3.58. The van der Waals surface area contributed by atoms with Gasteiger partial charge in [0.15, 0.2) is 0 Å². The van der Waals surface area contributed by atoms with E-state index in [2.05, 4.69) is 57.4 Å². The minimum atomic E-state index is 0.174. The van der Waals surface area contributed by atoms with Crippen LogP contribution in [-0.2, 0) is 19.4 Å². The van der Waals surface area contributed by atoms with Crippen LogP contribution in [0.2, 0.25) is 5.02 Å². The largest absolute Gasteiger partial charge is 0.365 e. The van der Waals surface area contributed by atoms with Gasteiger partial charge in [-0.15, -0.1) is 0 Å². The Morgan fingerprint density at radius 1 is 1.11 bits per heavy atom. The third-order valence-corrected chi connectivity index (χ3v) is 8.84. The van der Waals surface area contributed by atoms with Gasteiger partial charge in [0, 0.05) is 61.3 Å². The molecule has 2 aromatic carbocycles. The zero-order chi connectivity index (χ0) is 26.1. The summed E-state index contributed by atoms with van der Waals surface area (Å²) in [6, 6.07) is 15.7. The molecule has 2 saturated heterocycles. The molecule has 3 aliphatic rings. The molecule has 0 radical (unpaired) electrons. The van der Waals surface area contributed by atoms with E-state index in [0.29, 0.717) is 12.5 Å². The lowest BCUT2D eigenvalue weighted by atomic mass is 10.0. The maximum Gasteiger partial charge on any atom is 0.136 e. The molecule has 2 atom stereocenters. The van der Waals surface area contributed by atoms with Crippen LogP contribution in [0.4, 0.5) is 11.5 Å². The first-order valence-corrected chi connectivity index (χ1v) is 14.3. The summed E-state index contributed by atoms with van der Waals surface area (Å²) >= 11 is 6.70. The minimum Gasteiger partial charge on any atom is -0.365 e. The number of likely N-dealkylation sites (tertiary alicyclic amines) is 1. The Kier molecular flexibility index (Phi) is 7.38. The average Bonchev–Trinajstić information content (AvgIpc) is 3.35. The number of hydrogen-bond donors (Lipinski definition) is 1. The molecule has 8 heteroatoms. The number of anilines is 2. The summed E-state index contributed by atoms with van der Waals surface area (Å²) in [5.74, 6) is 2.04. The van der Waals surface area contributed by atoms with Crippen molar-refractivity contribution >= 4 is 33.9 Å². The lowest BCUT2D eigenvalue weighted by Gasteiger charge is -2.37. The Morgan fingerprint density at radius 2 is 1.97 bits per heavy atom. The molecule has 0 unspecified atom stereocenters. The number of hydrogen-bond acceptors (Lipinski definition) is 7. The average molecular weight is 530 g/mol. The Balaban J connectivity index is 1.34. The van der Waals surface area contributed by atoms with E-state index >= 15 is 0 Å². The molecule has 38 heavy (non-hydrogen) atoms. The molecule has 3 aromatic rings. The molecule has 1 aromatic heterocycles. The predicted molar refractivity (Wildman–Crippen MR) is 154 cm³/mol. The fraction of sp³-hybridized carbons (Fsp3) is 0.500. The molecule has 198 valence electrons. The summed E-state index contributed by atoms with van der Waals surface area (Å²) in [5, 5.41) is 15.8. The number of fused-ring (bicyclic) bond motifs is 2. The van der Waals surface area contributed by atoms with Crippen LogP contribution in [0.5, 0.6) is 0 Å². The minimum absolute atomic E-state index is 0.174. The second-order valence-corrected chi connectivity index (χ2v) is 11.4. The molecule has 7 nitrogen and oxygen atoms in total. The van der Waals surface area contributed by atoms with Crippen LogP contribution in [-0.4, -0.2) is 66.7 Å². The van der Waals surface area contributed by atoms with E-state index in [9.17, 15) is 5.26 Å². The summed E-state index contributed by atoms with van der Waals surface area (Å²) in [4.78, 5) is 17.7. The topological polar surface area (TPSA) is 71.3 Å². The van der Waals surface area contributed by atoms with E-state index in [-0.39, 0.29) is 6.04 Å². The fourth-order valence-electron chi connectivity index (χ4n) is 6.48. The van der Waals surface area contributed by atoms with Crippen molar-refractivity contribution < 1.29 is 0 Å². The predicted octanol–water partition coefficient (Wildman–Crippen LogP) is 4.56. The third-order valence-electron chi connectivity index (χ3n) is 8.53. The third kappa shape index (κ3) is 5.05. The van der Waals surface area contributed by atoms with E-state index in [1.807, 2.05) is 12.1 Å². The second-order valence-electron chi connectivity index (χ2n) is 10.9. The van der Waals surface area contributed by atoms with Crippen LogP contribution < -0.4 is 15.1 Å². The van der Waals surface area contributed by atoms with Gasteiger partial charge in [0.2, 0.25) is 0 Å². The van der Waals surface area contributed by atoms with Gasteiger partial charge < -0.3 is 20.0 Å². The van der Waals surface area contributed by atoms with Crippen molar-refractivity contribution in [1.29, 1.82) is 5.26 Å². The van der Waals surface area contributed by atoms with Gasteiger partial charge in [0.25, 0.3) is 0 Å². The van der Waals surface area contributed by atoms with Gasteiger partial charge in [0.1, 0.15) is 11.6 Å². The summed E-state index contributed by atoms with van der Waals surface area (Å²) in [7, 11) is 2.24. The molecule has 0 amide bonds. The highest BCUT2D eigenvalue weighted by atomic mass is 35.5. The molecule has 0 spiro atoms. The first-order chi connectivity index (χ1) is 18.6. The number of aromatic nitrogens is 2. The van der Waals surface area contributed by atoms with Gasteiger partial charge >= 0.3 is 0 Å². The second kappa shape index (κ2) is 11.1. The van der Waals surface area contributed by atoms with Gasteiger partial charge in [0.05, 0.1) is 29.8 Å². The normalized spacial score (nSPS) is 22.0. The van der Waals surface area contributed by atoms with Crippen LogP contribution in [0.15, 0.2) is 36.4 Å². The highest BCUT2D eigenvalue weighted by Gasteiger charge is 2.29. The Labute approximate surface area is 230 Å². The standard InChI is InChI=1S/C30H36ClN7/c1-36-16-4-7-23(36)10-11-28-34-26-20-37(27-9-3-6-21-5-2-8-25(31)29(21)27)17-13-24(26)30(35-28)38-18-15-33-22(19-38)12-14-32/h2-3,5-6,8-9,22-23,33H,4,7,10-13,15-20H2,1H3/t22-,23-/m0/s1. The van der Waals surface area contributed by atoms with Crippen LogP contribution in [0.25, 0.3) is 10.8 Å². The maximum absolute atomic E-state index is 9.29.